The van der Waals surface area contributed by atoms with Crippen molar-refractivity contribution in [1.82, 2.24) is 15.1 Å². The van der Waals surface area contributed by atoms with Crippen molar-refractivity contribution in [2.24, 2.45) is 0 Å². The summed E-state index contributed by atoms with van der Waals surface area (Å²) in [4.78, 5) is 11.7. The fourth-order valence-electron chi connectivity index (χ4n) is 3.45. The van der Waals surface area contributed by atoms with Gasteiger partial charge in [0, 0.05) is 24.0 Å². The lowest BCUT2D eigenvalue weighted by Crippen LogP contribution is -2.36. The summed E-state index contributed by atoms with van der Waals surface area (Å²) in [7, 11) is 0. The first-order valence-corrected chi connectivity index (χ1v) is 9.41. The Labute approximate surface area is 162 Å². The predicted molar refractivity (Wildman–Crippen MR) is 108 cm³/mol. The van der Waals surface area contributed by atoms with Gasteiger partial charge in [-0.05, 0) is 19.1 Å². The van der Waals surface area contributed by atoms with Crippen molar-refractivity contribution in [3.8, 4) is 22.8 Å². The van der Waals surface area contributed by atoms with Crippen LogP contribution in [0.5, 0.6) is 0 Å². The number of ether oxygens (including phenoxy) is 1. The Hall–Kier alpha value is -3.25. The fraction of sp³-hybridized carbons (Fsp3) is 0.227. The topological polar surface area (TPSA) is 64.3 Å². The number of para-hydroxylation sites is 1. The van der Waals surface area contributed by atoms with Crippen molar-refractivity contribution in [3.63, 3.8) is 0 Å². The number of hydrogen-bond acceptors (Lipinski definition) is 6. The van der Waals surface area contributed by atoms with Crippen molar-refractivity contribution >= 4 is 16.7 Å². The van der Waals surface area contributed by atoms with E-state index in [0.717, 1.165) is 40.9 Å². The third-order valence-corrected chi connectivity index (χ3v) is 5.00. The van der Waals surface area contributed by atoms with Crippen LogP contribution < -0.4 is 4.90 Å². The van der Waals surface area contributed by atoms with E-state index in [1.165, 1.54) is 5.56 Å². The van der Waals surface area contributed by atoms with Crippen molar-refractivity contribution in [1.29, 1.82) is 0 Å². The zero-order valence-corrected chi connectivity index (χ0v) is 15.6. The molecule has 0 atom stereocenters. The standard InChI is InChI=1S/C22H20N4O2/c1-15-6-8-16(9-7-15)21-24-22(28-25-21)18-14-20(26-10-12-27-13-11-26)23-19-5-3-2-4-17(18)19/h2-9,14H,10-13H2,1H3. The van der Waals surface area contributed by atoms with Crippen molar-refractivity contribution in [2.75, 3.05) is 31.2 Å². The van der Waals surface area contributed by atoms with E-state index < -0.39 is 0 Å². The molecule has 1 fully saturated rings. The summed E-state index contributed by atoms with van der Waals surface area (Å²) in [5.74, 6) is 2.00. The van der Waals surface area contributed by atoms with Crippen molar-refractivity contribution in [2.45, 2.75) is 6.92 Å². The summed E-state index contributed by atoms with van der Waals surface area (Å²) in [6.45, 7) is 5.12. The molecule has 6 nitrogen and oxygen atoms in total. The first-order chi connectivity index (χ1) is 13.8. The van der Waals surface area contributed by atoms with Gasteiger partial charge in [-0.2, -0.15) is 4.98 Å². The molecule has 4 aromatic rings. The van der Waals surface area contributed by atoms with Gasteiger partial charge in [-0.25, -0.2) is 4.98 Å². The van der Waals surface area contributed by atoms with E-state index >= 15 is 0 Å². The lowest BCUT2D eigenvalue weighted by Gasteiger charge is -2.28. The third-order valence-electron chi connectivity index (χ3n) is 5.00. The minimum atomic E-state index is 0.503. The summed E-state index contributed by atoms with van der Waals surface area (Å²) < 4.78 is 11.1. The number of fused-ring (bicyclic) bond motifs is 1. The minimum Gasteiger partial charge on any atom is -0.378 e. The monoisotopic (exact) mass is 372 g/mol. The second-order valence-corrected chi connectivity index (χ2v) is 6.93. The number of nitrogens with zero attached hydrogens (tertiary/aromatic N) is 4. The van der Waals surface area contributed by atoms with Crippen molar-refractivity contribution in [3.05, 3.63) is 60.2 Å². The fourth-order valence-corrected chi connectivity index (χ4v) is 3.45. The molecule has 0 N–H and O–H groups in total. The van der Waals surface area contributed by atoms with Crippen LogP contribution in [0.4, 0.5) is 5.82 Å². The molecule has 0 spiro atoms. The van der Waals surface area contributed by atoms with E-state index in [2.05, 4.69) is 22.0 Å². The highest BCUT2D eigenvalue weighted by Crippen LogP contribution is 2.32. The zero-order valence-electron chi connectivity index (χ0n) is 15.6. The average molecular weight is 372 g/mol. The molecule has 1 aliphatic rings. The molecule has 0 unspecified atom stereocenters. The van der Waals surface area contributed by atoms with Crippen LogP contribution >= 0.6 is 0 Å². The Morgan fingerprint density at radius 3 is 2.54 bits per heavy atom. The van der Waals surface area contributed by atoms with Gasteiger partial charge >= 0.3 is 0 Å². The first-order valence-electron chi connectivity index (χ1n) is 9.41. The third kappa shape index (κ3) is 3.12. The van der Waals surface area contributed by atoms with E-state index in [1.807, 2.05) is 54.6 Å². The Bertz CT molecular complexity index is 1120. The molecule has 0 radical (unpaired) electrons. The smallest absolute Gasteiger partial charge is 0.259 e. The van der Waals surface area contributed by atoms with Gasteiger partial charge in [0.2, 0.25) is 5.82 Å². The highest BCUT2D eigenvalue weighted by molar-refractivity contribution is 5.94. The molecule has 0 aliphatic carbocycles. The van der Waals surface area contributed by atoms with Gasteiger partial charge in [-0.3, -0.25) is 0 Å². The minimum absolute atomic E-state index is 0.503. The molecule has 28 heavy (non-hydrogen) atoms. The number of morpholine rings is 1. The zero-order chi connectivity index (χ0) is 18.9. The number of aromatic nitrogens is 3. The molecule has 0 saturated carbocycles. The molecule has 2 aromatic carbocycles. The number of rotatable bonds is 3. The molecule has 6 heteroatoms. The first kappa shape index (κ1) is 16.9. The normalized spacial score (nSPS) is 14.5. The number of aryl methyl sites for hydroxylation is 1. The summed E-state index contributed by atoms with van der Waals surface area (Å²) in [5.41, 5.74) is 3.95. The molecule has 140 valence electrons. The predicted octanol–water partition coefficient (Wildman–Crippen LogP) is 4.10. The van der Waals surface area contributed by atoms with Crippen LogP contribution in [0.25, 0.3) is 33.7 Å². The Morgan fingerprint density at radius 1 is 0.929 bits per heavy atom. The van der Waals surface area contributed by atoms with Gasteiger partial charge < -0.3 is 14.2 Å². The molecule has 3 heterocycles. The number of pyridine rings is 1. The van der Waals surface area contributed by atoms with Crippen LogP contribution in [0.15, 0.2) is 59.1 Å². The molecular weight excluding hydrogens is 352 g/mol. The van der Waals surface area contributed by atoms with Gasteiger partial charge in [0.05, 0.1) is 24.3 Å². The summed E-state index contributed by atoms with van der Waals surface area (Å²) >= 11 is 0. The van der Waals surface area contributed by atoms with Gasteiger partial charge in [0.25, 0.3) is 5.89 Å². The van der Waals surface area contributed by atoms with E-state index in [9.17, 15) is 0 Å². The highest BCUT2D eigenvalue weighted by Gasteiger charge is 2.19. The van der Waals surface area contributed by atoms with Gasteiger partial charge in [-0.15, -0.1) is 0 Å². The second-order valence-electron chi connectivity index (χ2n) is 6.93. The van der Waals surface area contributed by atoms with Crippen LogP contribution in [0.3, 0.4) is 0 Å². The van der Waals surface area contributed by atoms with Gasteiger partial charge in [0.15, 0.2) is 0 Å². The maximum Gasteiger partial charge on any atom is 0.259 e. The van der Waals surface area contributed by atoms with Crippen LogP contribution in [0.2, 0.25) is 0 Å². The van der Waals surface area contributed by atoms with E-state index in [4.69, 9.17) is 14.2 Å². The molecule has 2 aromatic heterocycles. The Kier molecular flexibility index (Phi) is 4.25. The van der Waals surface area contributed by atoms with Gasteiger partial charge in [-0.1, -0.05) is 53.2 Å². The molecular formula is C22H20N4O2. The number of anilines is 1. The molecule has 5 rings (SSSR count). The Morgan fingerprint density at radius 2 is 1.71 bits per heavy atom. The molecule has 1 aliphatic heterocycles. The summed E-state index contributed by atoms with van der Waals surface area (Å²) in [6.07, 6.45) is 0. The van der Waals surface area contributed by atoms with E-state index in [-0.39, 0.29) is 0 Å². The summed E-state index contributed by atoms with van der Waals surface area (Å²) in [5, 5.41) is 5.20. The lowest BCUT2D eigenvalue weighted by atomic mass is 10.1. The summed E-state index contributed by atoms with van der Waals surface area (Å²) in [6, 6.07) is 18.2. The van der Waals surface area contributed by atoms with Crippen LogP contribution in [0, 0.1) is 6.92 Å². The molecule has 1 saturated heterocycles. The van der Waals surface area contributed by atoms with E-state index in [1.54, 1.807) is 0 Å². The SMILES string of the molecule is Cc1ccc(-c2noc(-c3cc(N4CCOCC4)nc4ccccc34)n2)cc1. The quantitative estimate of drug-likeness (QED) is 0.540. The van der Waals surface area contributed by atoms with Crippen LogP contribution in [-0.4, -0.2) is 41.4 Å². The average Bonchev–Trinajstić information content (AvgIpc) is 3.24. The number of hydrogen-bond donors (Lipinski definition) is 0. The largest absolute Gasteiger partial charge is 0.378 e. The van der Waals surface area contributed by atoms with Crippen molar-refractivity contribution < 1.29 is 9.26 Å². The number of benzene rings is 2. The maximum atomic E-state index is 5.65. The van der Waals surface area contributed by atoms with Crippen LogP contribution in [0.1, 0.15) is 5.56 Å². The lowest BCUT2D eigenvalue weighted by molar-refractivity contribution is 0.122. The maximum absolute atomic E-state index is 5.65. The Balaban J connectivity index is 1.60. The second kappa shape index (κ2) is 7.05. The van der Waals surface area contributed by atoms with Crippen LogP contribution in [-0.2, 0) is 4.74 Å². The molecule has 0 amide bonds. The molecule has 0 bridgehead atoms. The van der Waals surface area contributed by atoms with Gasteiger partial charge in [0.1, 0.15) is 5.82 Å². The highest BCUT2D eigenvalue weighted by atomic mass is 16.5. The van der Waals surface area contributed by atoms with E-state index in [0.29, 0.717) is 24.9 Å².